The van der Waals surface area contributed by atoms with Gasteiger partial charge in [0.25, 0.3) is 5.91 Å². The van der Waals surface area contributed by atoms with E-state index in [1.165, 1.54) is 12.7 Å². The maximum Gasteiger partial charge on any atom is 0.306 e. The number of benzene rings is 3. The van der Waals surface area contributed by atoms with Crippen molar-refractivity contribution in [2.75, 3.05) is 25.5 Å². The number of anilines is 2. The summed E-state index contributed by atoms with van der Waals surface area (Å²) in [7, 11) is 1.32. The van der Waals surface area contributed by atoms with Crippen molar-refractivity contribution in [3.05, 3.63) is 95.6 Å². The molecule has 1 aliphatic heterocycles. The summed E-state index contributed by atoms with van der Waals surface area (Å²) in [5, 5.41) is 13.8. The lowest BCUT2D eigenvalue weighted by atomic mass is 10.0. The molecule has 0 saturated carbocycles. The number of amidine groups is 1. The third kappa shape index (κ3) is 7.25. The van der Waals surface area contributed by atoms with Crippen LogP contribution in [-0.2, 0) is 20.7 Å². The molecule has 0 aromatic heterocycles. The molecule has 4 rings (SSSR count). The first-order chi connectivity index (χ1) is 19.4. The van der Waals surface area contributed by atoms with Gasteiger partial charge in [-0.2, -0.15) is 0 Å². The minimum Gasteiger partial charge on any atom is -0.469 e. The van der Waals surface area contributed by atoms with Crippen molar-refractivity contribution < 1.29 is 19.1 Å². The molecule has 40 heavy (non-hydrogen) atoms. The fraction of sp³-hybridized carbons (Fsp3) is 0.290. The number of hydrogen-bond acceptors (Lipinski definition) is 6. The Hall–Kier alpha value is -4.66. The Balaban J connectivity index is 1.42. The van der Waals surface area contributed by atoms with E-state index in [1.54, 1.807) is 41.3 Å². The number of para-hydroxylation sites is 1. The van der Waals surface area contributed by atoms with Gasteiger partial charge in [0.2, 0.25) is 5.91 Å². The first-order valence-electron chi connectivity index (χ1n) is 13.4. The highest BCUT2D eigenvalue weighted by Crippen LogP contribution is 2.28. The van der Waals surface area contributed by atoms with Crippen LogP contribution in [0.3, 0.4) is 0 Å². The first-order valence-corrected chi connectivity index (χ1v) is 13.4. The maximum atomic E-state index is 13.3. The van der Waals surface area contributed by atoms with Crippen molar-refractivity contribution >= 4 is 35.0 Å². The monoisotopic (exact) mass is 541 g/mol. The number of carbonyl (C=O) groups excluding carboxylic acids is 3. The molecule has 2 amide bonds. The molecule has 0 spiro atoms. The van der Waals surface area contributed by atoms with Crippen LogP contribution in [0.4, 0.5) is 11.4 Å². The van der Waals surface area contributed by atoms with Crippen molar-refractivity contribution in [1.29, 1.82) is 5.41 Å². The third-order valence-electron chi connectivity index (χ3n) is 7.12. The molecule has 0 radical (unpaired) electrons. The number of ether oxygens (including phenoxy) is 1. The summed E-state index contributed by atoms with van der Waals surface area (Å²) in [5.74, 6) is -1.23. The van der Waals surface area contributed by atoms with E-state index in [0.29, 0.717) is 29.8 Å². The molecule has 1 fully saturated rings. The fourth-order valence-electron chi connectivity index (χ4n) is 5.00. The van der Waals surface area contributed by atoms with E-state index in [0.717, 1.165) is 18.5 Å². The smallest absolute Gasteiger partial charge is 0.306 e. The minimum atomic E-state index is -0.460. The zero-order valence-electron chi connectivity index (χ0n) is 22.6. The fourth-order valence-corrected chi connectivity index (χ4v) is 5.00. The highest BCUT2D eigenvalue weighted by Gasteiger charge is 2.40. The molecule has 208 valence electrons. The van der Waals surface area contributed by atoms with Gasteiger partial charge < -0.3 is 26.0 Å². The van der Waals surface area contributed by atoms with Gasteiger partial charge >= 0.3 is 5.97 Å². The van der Waals surface area contributed by atoms with Gasteiger partial charge in [0.1, 0.15) is 5.84 Å². The Morgan fingerprint density at radius 1 is 1.02 bits per heavy atom. The van der Waals surface area contributed by atoms with Crippen LogP contribution in [0, 0.1) is 11.3 Å². The summed E-state index contributed by atoms with van der Waals surface area (Å²) >= 11 is 0. The second kappa shape index (κ2) is 13.4. The molecule has 9 nitrogen and oxygen atoms in total. The molecular formula is C31H35N5O4. The number of nitrogens with zero attached hydrogens (tertiary/aromatic N) is 1. The zero-order valence-corrected chi connectivity index (χ0v) is 22.6. The summed E-state index contributed by atoms with van der Waals surface area (Å²) in [5.41, 5.74) is 9.19. The van der Waals surface area contributed by atoms with Crippen LogP contribution in [0.15, 0.2) is 78.9 Å². The number of likely N-dealkylation sites (tertiary alicyclic amines) is 1. The van der Waals surface area contributed by atoms with E-state index >= 15 is 0 Å². The lowest BCUT2D eigenvalue weighted by molar-refractivity contribution is -0.144. The van der Waals surface area contributed by atoms with Gasteiger partial charge in [0.05, 0.1) is 30.7 Å². The molecule has 1 saturated heterocycles. The molecule has 0 bridgehead atoms. The number of nitrogens with one attached hydrogen (secondary N) is 3. The van der Waals surface area contributed by atoms with Crippen LogP contribution in [-0.4, -0.2) is 54.8 Å². The molecule has 9 heteroatoms. The number of aryl methyl sites for hydroxylation is 1. The van der Waals surface area contributed by atoms with Gasteiger partial charge in [0.15, 0.2) is 0 Å². The molecule has 0 aliphatic carbocycles. The molecule has 5 N–H and O–H groups in total. The van der Waals surface area contributed by atoms with Crippen LogP contribution >= 0.6 is 0 Å². The summed E-state index contributed by atoms with van der Waals surface area (Å²) in [4.78, 5) is 40.2. The van der Waals surface area contributed by atoms with Gasteiger partial charge in [-0.3, -0.25) is 19.8 Å². The third-order valence-corrected chi connectivity index (χ3v) is 7.12. The molecule has 1 heterocycles. The van der Waals surface area contributed by atoms with Crippen LogP contribution in [0.25, 0.3) is 0 Å². The van der Waals surface area contributed by atoms with Crippen molar-refractivity contribution in [2.24, 2.45) is 11.7 Å². The average molecular weight is 542 g/mol. The number of esters is 1. The molecule has 0 unspecified atom stereocenters. The van der Waals surface area contributed by atoms with E-state index in [9.17, 15) is 14.4 Å². The van der Waals surface area contributed by atoms with Gasteiger partial charge in [-0.15, -0.1) is 0 Å². The largest absolute Gasteiger partial charge is 0.469 e. The van der Waals surface area contributed by atoms with E-state index in [4.69, 9.17) is 15.9 Å². The normalized spacial score (nSPS) is 16.4. The van der Waals surface area contributed by atoms with Crippen molar-refractivity contribution in [3.8, 4) is 0 Å². The quantitative estimate of drug-likeness (QED) is 0.156. The molecule has 1 aliphatic rings. The van der Waals surface area contributed by atoms with Crippen LogP contribution < -0.4 is 16.4 Å². The topological polar surface area (TPSA) is 138 Å². The molecule has 3 aromatic carbocycles. The van der Waals surface area contributed by atoms with Gasteiger partial charge in [-0.1, -0.05) is 42.5 Å². The predicted octanol–water partition coefficient (Wildman–Crippen LogP) is 3.86. The summed E-state index contributed by atoms with van der Waals surface area (Å²) in [6, 6.07) is 24.1. The second-order valence-electron chi connectivity index (χ2n) is 9.86. The van der Waals surface area contributed by atoms with Gasteiger partial charge in [-0.05, 0) is 61.2 Å². The Labute approximate surface area is 234 Å². The number of methoxy groups -OCH3 is 1. The molecule has 2 atom stereocenters. The van der Waals surface area contributed by atoms with Gasteiger partial charge in [-0.25, -0.2) is 0 Å². The van der Waals surface area contributed by atoms with E-state index in [-0.39, 0.29) is 36.7 Å². The Morgan fingerprint density at radius 3 is 2.42 bits per heavy atom. The predicted molar refractivity (Wildman–Crippen MR) is 155 cm³/mol. The lowest BCUT2D eigenvalue weighted by Gasteiger charge is -2.25. The second-order valence-corrected chi connectivity index (χ2v) is 9.86. The maximum absolute atomic E-state index is 13.3. The first kappa shape index (κ1) is 28.4. The number of rotatable bonds is 12. The highest BCUT2D eigenvalue weighted by atomic mass is 16.5. The number of carbonyl (C=O) groups is 3. The number of nitrogen functional groups attached to an aromatic ring is 1. The van der Waals surface area contributed by atoms with Crippen molar-refractivity contribution in [3.63, 3.8) is 0 Å². The summed E-state index contributed by atoms with van der Waals surface area (Å²) in [6.45, 7) is 0.815. The average Bonchev–Trinajstić information content (AvgIpc) is 3.26. The summed E-state index contributed by atoms with van der Waals surface area (Å²) < 4.78 is 4.80. The minimum absolute atomic E-state index is 0.0142. The van der Waals surface area contributed by atoms with Crippen LogP contribution in [0.2, 0.25) is 0 Å². The zero-order chi connectivity index (χ0) is 28.5. The van der Waals surface area contributed by atoms with E-state index in [1.807, 2.05) is 30.3 Å². The number of hydrogen-bond donors (Lipinski definition) is 4. The Bertz CT molecular complexity index is 1340. The van der Waals surface area contributed by atoms with E-state index in [2.05, 4.69) is 22.8 Å². The standard InChI is InChI=1S/C31H35N5O4/c1-40-28(37)19-23-18-25(36(31(23)39)17-7-10-21-8-3-2-4-9-21)20-34-30(38)26-11-5-6-12-27(26)35-24-15-13-22(14-16-24)29(32)33/h2-6,8-9,11-16,23,25,35H,7,10,17-20H2,1H3,(H3,32,33)(H,34,38)/t23-,25-/m0/s1. The van der Waals surface area contributed by atoms with E-state index < -0.39 is 11.9 Å². The number of amides is 2. The molecule has 3 aromatic rings. The Kier molecular flexibility index (Phi) is 9.51. The summed E-state index contributed by atoms with van der Waals surface area (Å²) in [6.07, 6.45) is 2.12. The van der Waals surface area contributed by atoms with Crippen molar-refractivity contribution in [1.82, 2.24) is 10.2 Å². The number of nitrogens with two attached hydrogens (primary N) is 1. The molecular weight excluding hydrogens is 506 g/mol. The lowest BCUT2D eigenvalue weighted by Crippen LogP contribution is -2.42. The van der Waals surface area contributed by atoms with Crippen LogP contribution in [0.1, 0.15) is 40.7 Å². The van der Waals surface area contributed by atoms with Gasteiger partial charge in [0, 0.05) is 30.4 Å². The Morgan fingerprint density at radius 2 is 1.73 bits per heavy atom. The van der Waals surface area contributed by atoms with Crippen molar-refractivity contribution in [2.45, 2.75) is 31.7 Å². The van der Waals surface area contributed by atoms with Crippen LogP contribution in [0.5, 0.6) is 0 Å². The SMILES string of the molecule is COC(=O)C[C@@H]1C[C@@H](CNC(=O)c2ccccc2Nc2ccc(C(=N)N)cc2)N(CCCc2ccccc2)C1=O. The highest BCUT2D eigenvalue weighted by molar-refractivity contribution is 6.00.